The molecule has 0 unspecified atom stereocenters. The zero-order valence-electron chi connectivity index (χ0n) is 6.16. The zero-order chi connectivity index (χ0) is 8.31. The Kier molecular flexibility index (Phi) is 3.09. The third-order valence-corrected chi connectivity index (χ3v) is 1.46. The monoisotopic (exact) mass is 144 g/mol. The molecular formula is C7H12O3. The van der Waals surface area contributed by atoms with Crippen LogP contribution in [0.5, 0.6) is 0 Å². The van der Waals surface area contributed by atoms with Crippen molar-refractivity contribution >= 4 is 5.78 Å². The summed E-state index contributed by atoms with van der Waals surface area (Å²) in [5.41, 5.74) is 0. The SMILES string of the molecule is C=C(O)[C@H](O)[C@@H](C)C(C)=O. The standard InChI is InChI=1S/C7H12O3/c1-4(5(2)8)7(10)6(3)9/h4,7,9-10H,3H2,1-2H3/t4-,7+/m0/s1. The second kappa shape index (κ2) is 3.37. The molecule has 3 nitrogen and oxygen atoms in total. The van der Waals surface area contributed by atoms with E-state index >= 15 is 0 Å². The first-order valence-corrected chi connectivity index (χ1v) is 3.03. The van der Waals surface area contributed by atoms with Gasteiger partial charge >= 0.3 is 0 Å². The number of aliphatic hydroxyl groups is 2. The van der Waals surface area contributed by atoms with Gasteiger partial charge in [-0.2, -0.15) is 0 Å². The summed E-state index contributed by atoms with van der Waals surface area (Å²) in [5.74, 6) is -1.09. The maximum Gasteiger partial charge on any atom is 0.135 e. The van der Waals surface area contributed by atoms with Crippen LogP contribution in [0.3, 0.4) is 0 Å². The van der Waals surface area contributed by atoms with Crippen LogP contribution in [0, 0.1) is 5.92 Å². The minimum Gasteiger partial charge on any atom is -0.510 e. The predicted molar refractivity (Wildman–Crippen MR) is 37.6 cm³/mol. The molecule has 0 amide bonds. The van der Waals surface area contributed by atoms with Crippen LogP contribution >= 0.6 is 0 Å². The number of rotatable bonds is 3. The van der Waals surface area contributed by atoms with Crippen molar-refractivity contribution in [1.82, 2.24) is 0 Å². The van der Waals surface area contributed by atoms with Crippen LogP contribution in [0.15, 0.2) is 12.3 Å². The smallest absolute Gasteiger partial charge is 0.135 e. The second-order valence-electron chi connectivity index (χ2n) is 2.34. The molecule has 0 aromatic carbocycles. The van der Waals surface area contributed by atoms with E-state index in [2.05, 4.69) is 6.58 Å². The van der Waals surface area contributed by atoms with Crippen molar-refractivity contribution in [3.63, 3.8) is 0 Å². The van der Waals surface area contributed by atoms with Gasteiger partial charge in [0.2, 0.25) is 0 Å². The highest BCUT2D eigenvalue weighted by Crippen LogP contribution is 2.08. The molecule has 10 heavy (non-hydrogen) atoms. The van der Waals surface area contributed by atoms with Crippen LogP contribution < -0.4 is 0 Å². The van der Waals surface area contributed by atoms with E-state index in [0.29, 0.717) is 0 Å². The molecule has 0 spiro atoms. The molecule has 2 atom stereocenters. The maximum atomic E-state index is 10.6. The summed E-state index contributed by atoms with van der Waals surface area (Å²) in [4.78, 5) is 10.6. The fourth-order valence-corrected chi connectivity index (χ4v) is 0.511. The lowest BCUT2D eigenvalue weighted by Gasteiger charge is -2.13. The number of hydrogen-bond acceptors (Lipinski definition) is 3. The first kappa shape index (κ1) is 9.17. The average Bonchev–Trinajstić information content (AvgIpc) is 1.84. The number of Topliss-reactive ketones (excluding diaryl/α,β-unsaturated/α-hetero) is 1. The van der Waals surface area contributed by atoms with Crippen LogP contribution in [-0.4, -0.2) is 22.1 Å². The fourth-order valence-electron chi connectivity index (χ4n) is 0.511. The summed E-state index contributed by atoms with van der Waals surface area (Å²) in [5, 5.41) is 17.6. The number of aliphatic hydroxyl groups excluding tert-OH is 2. The fraction of sp³-hybridized carbons (Fsp3) is 0.571. The first-order valence-electron chi connectivity index (χ1n) is 3.03. The van der Waals surface area contributed by atoms with Gasteiger partial charge in [-0.25, -0.2) is 0 Å². The molecule has 0 aromatic heterocycles. The zero-order valence-corrected chi connectivity index (χ0v) is 6.16. The van der Waals surface area contributed by atoms with Crippen molar-refractivity contribution in [2.24, 2.45) is 5.92 Å². The van der Waals surface area contributed by atoms with E-state index in [1.54, 1.807) is 0 Å². The van der Waals surface area contributed by atoms with Crippen molar-refractivity contribution in [3.05, 3.63) is 12.3 Å². The Balaban J connectivity index is 4.07. The molecule has 0 aromatic rings. The van der Waals surface area contributed by atoms with Gasteiger partial charge in [0, 0.05) is 5.92 Å². The van der Waals surface area contributed by atoms with Gasteiger partial charge in [0.05, 0.1) is 0 Å². The molecule has 3 heteroatoms. The van der Waals surface area contributed by atoms with Crippen molar-refractivity contribution < 1.29 is 15.0 Å². The predicted octanol–water partition coefficient (Wildman–Crippen LogP) is 0.644. The highest BCUT2D eigenvalue weighted by Gasteiger charge is 2.20. The molecule has 0 rings (SSSR count). The van der Waals surface area contributed by atoms with Crippen molar-refractivity contribution in [2.45, 2.75) is 20.0 Å². The molecule has 0 saturated heterocycles. The molecule has 0 saturated carbocycles. The van der Waals surface area contributed by atoms with Crippen LogP contribution in [0.2, 0.25) is 0 Å². The second-order valence-corrected chi connectivity index (χ2v) is 2.34. The Labute approximate surface area is 60.0 Å². The summed E-state index contributed by atoms with van der Waals surface area (Å²) in [6, 6.07) is 0. The Morgan fingerprint density at radius 1 is 1.60 bits per heavy atom. The summed E-state index contributed by atoms with van der Waals surface area (Å²) in [6.07, 6.45) is -1.13. The highest BCUT2D eigenvalue weighted by atomic mass is 16.3. The molecule has 0 heterocycles. The Morgan fingerprint density at radius 2 is 2.00 bits per heavy atom. The normalized spacial score (nSPS) is 15.9. The minimum absolute atomic E-state index is 0.164. The topological polar surface area (TPSA) is 57.5 Å². The molecule has 0 radical (unpaired) electrons. The lowest BCUT2D eigenvalue weighted by molar-refractivity contribution is -0.123. The number of ketones is 1. The van der Waals surface area contributed by atoms with Crippen LogP contribution in [0.1, 0.15) is 13.8 Å². The Bertz CT molecular complexity index is 133. The van der Waals surface area contributed by atoms with E-state index in [9.17, 15) is 4.79 Å². The molecule has 58 valence electrons. The van der Waals surface area contributed by atoms with Crippen LogP contribution in [0.4, 0.5) is 0 Å². The molecular weight excluding hydrogens is 132 g/mol. The number of carbonyl (C=O) groups excluding carboxylic acids is 1. The summed E-state index contributed by atoms with van der Waals surface area (Å²) in [7, 11) is 0. The Morgan fingerprint density at radius 3 is 2.10 bits per heavy atom. The van der Waals surface area contributed by atoms with Gasteiger partial charge in [0.25, 0.3) is 0 Å². The van der Waals surface area contributed by atoms with Gasteiger partial charge < -0.3 is 10.2 Å². The highest BCUT2D eigenvalue weighted by molar-refractivity contribution is 5.78. The third-order valence-electron chi connectivity index (χ3n) is 1.46. The number of hydrogen-bond donors (Lipinski definition) is 2. The summed E-state index contributed by atoms with van der Waals surface area (Å²) < 4.78 is 0. The van der Waals surface area contributed by atoms with Gasteiger partial charge in [0.1, 0.15) is 17.6 Å². The van der Waals surface area contributed by atoms with Crippen molar-refractivity contribution in [2.75, 3.05) is 0 Å². The van der Waals surface area contributed by atoms with Gasteiger partial charge in [-0.1, -0.05) is 13.5 Å². The van der Waals surface area contributed by atoms with Gasteiger partial charge in [-0.15, -0.1) is 0 Å². The number of carbonyl (C=O) groups is 1. The quantitative estimate of drug-likeness (QED) is 0.571. The molecule has 0 aliphatic carbocycles. The molecule has 0 bridgehead atoms. The largest absolute Gasteiger partial charge is 0.510 e. The third kappa shape index (κ3) is 2.19. The van der Waals surface area contributed by atoms with E-state index in [0.717, 1.165) is 0 Å². The molecule has 0 aliphatic heterocycles. The van der Waals surface area contributed by atoms with Gasteiger partial charge in [-0.05, 0) is 6.92 Å². The molecule has 0 fully saturated rings. The Hall–Kier alpha value is -0.830. The van der Waals surface area contributed by atoms with E-state index in [-0.39, 0.29) is 11.5 Å². The van der Waals surface area contributed by atoms with Crippen molar-refractivity contribution in [1.29, 1.82) is 0 Å². The van der Waals surface area contributed by atoms with E-state index < -0.39 is 12.0 Å². The van der Waals surface area contributed by atoms with E-state index in [4.69, 9.17) is 10.2 Å². The lowest BCUT2D eigenvalue weighted by Crippen LogP contribution is -2.25. The molecule has 0 aliphatic rings. The molecule has 2 N–H and O–H groups in total. The van der Waals surface area contributed by atoms with Gasteiger partial charge in [0.15, 0.2) is 0 Å². The lowest BCUT2D eigenvalue weighted by atomic mass is 10.00. The van der Waals surface area contributed by atoms with E-state index in [1.165, 1.54) is 13.8 Å². The van der Waals surface area contributed by atoms with Crippen LogP contribution in [-0.2, 0) is 4.79 Å². The van der Waals surface area contributed by atoms with Crippen LogP contribution in [0.25, 0.3) is 0 Å². The van der Waals surface area contributed by atoms with Gasteiger partial charge in [-0.3, -0.25) is 4.79 Å². The maximum absolute atomic E-state index is 10.6. The summed E-state index contributed by atoms with van der Waals surface area (Å²) in [6.45, 7) is 6.01. The summed E-state index contributed by atoms with van der Waals surface area (Å²) >= 11 is 0. The van der Waals surface area contributed by atoms with E-state index in [1.807, 2.05) is 0 Å². The van der Waals surface area contributed by atoms with Crippen molar-refractivity contribution in [3.8, 4) is 0 Å². The average molecular weight is 144 g/mol. The minimum atomic E-state index is -1.13. The first-order chi connectivity index (χ1) is 4.46.